The van der Waals surface area contributed by atoms with Gasteiger partial charge in [0.15, 0.2) is 17.4 Å². The van der Waals surface area contributed by atoms with Crippen molar-refractivity contribution in [2.45, 2.75) is 70.8 Å². The molecule has 11 heteroatoms. The van der Waals surface area contributed by atoms with Gasteiger partial charge in [-0.25, -0.2) is 8.78 Å². The lowest BCUT2D eigenvalue weighted by Crippen LogP contribution is -2.55. The number of rotatable bonds is 8. The molecule has 0 radical (unpaired) electrons. The number of nitrogens with zero attached hydrogens (tertiary/aromatic N) is 3. The van der Waals surface area contributed by atoms with Gasteiger partial charge < -0.3 is 24.4 Å². The van der Waals surface area contributed by atoms with Crippen LogP contribution in [-0.4, -0.2) is 70.3 Å². The minimum Gasteiger partial charge on any atom is -0.483 e. The molecule has 1 aromatic carbocycles. The molecule has 2 aliphatic rings. The highest BCUT2D eigenvalue weighted by molar-refractivity contribution is 5.80. The summed E-state index contributed by atoms with van der Waals surface area (Å²) in [5.74, 6) is -1.78. The number of likely N-dealkylation sites (tertiary alicyclic amines) is 1. The Morgan fingerprint density at radius 3 is 2.40 bits per heavy atom. The van der Waals surface area contributed by atoms with E-state index in [1.54, 1.807) is 11.9 Å². The second-order valence-electron chi connectivity index (χ2n) is 9.44. The van der Waals surface area contributed by atoms with Gasteiger partial charge in [-0.3, -0.25) is 14.2 Å². The third-order valence-corrected chi connectivity index (χ3v) is 6.47. The highest BCUT2D eigenvalue weighted by Gasteiger charge is 2.32. The third kappa shape index (κ3) is 5.66. The van der Waals surface area contributed by atoms with Crippen LogP contribution < -0.4 is 14.8 Å². The van der Waals surface area contributed by atoms with Crippen LogP contribution in [0.5, 0.6) is 11.8 Å². The molecular weight excluding hydrogens is 462 g/mol. The van der Waals surface area contributed by atoms with E-state index in [0.717, 1.165) is 31.7 Å². The zero-order valence-corrected chi connectivity index (χ0v) is 20.5. The lowest BCUT2D eigenvalue weighted by molar-refractivity contribution is -0.137. The Bertz CT molecular complexity index is 1090. The van der Waals surface area contributed by atoms with Crippen molar-refractivity contribution in [2.75, 3.05) is 19.7 Å². The molecule has 0 spiro atoms. The molecule has 1 aliphatic heterocycles. The number of imidazole rings is 1. The van der Waals surface area contributed by atoms with Crippen molar-refractivity contribution < 1.29 is 32.6 Å². The molecule has 1 aliphatic carbocycles. The molecule has 9 nitrogen and oxygen atoms in total. The number of carbonyl (C=O) groups is 2. The number of carbonyl (C=O) groups excluding carboxylic acids is 2. The molecule has 1 saturated heterocycles. The van der Waals surface area contributed by atoms with Gasteiger partial charge in [0, 0.05) is 33.0 Å². The van der Waals surface area contributed by atoms with Crippen molar-refractivity contribution in [1.29, 1.82) is 0 Å². The molecule has 35 heavy (non-hydrogen) atoms. The van der Waals surface area contributed by atoms with Gasteiger partial charge in [0.05, 0.1) is 25.8 Å². The SMILES string of the molecule is CC(=O)N[C@@H](C)COC1CCC(Oc2nc3c(F)cc(OC4CN(C(C)=O)C4)c(F)c3n2C)CC1. The van der Waals surface area contributed by atoms with Gasteiger partial charge in [-0.1, -0.05) is 0 Å². The zero-order chi connectivity index (χ0) is 25.3. The first-order valence-electron chi connectivity index (χ1n) is 11.9. The second-order valence-corrected chi connectivity index (χ2v) is 9.44. The first kappa shape index (κ1) is 25.2. The highest BCUT2D eigenvalue weighted by atomic mass is 19.1. The largest absolute Gasteiger partial charge is 0.483 e. The van der Waals surface area contributed by atoms with Crippen LogP contribution in [-0.2, 0) is 21.4 Å². The predicted molar refractivity (Wildman–Crippen MR) is 123 cm³/mol. The summed E-state index contributed by atoms with van der Waals surface area (Å²) < 4.78 is 48.9. The standard InChI is InChI=1S/C24H32F2N4O5/c1-13(27-14(2)31)12-33-16-5-7-17(8-6-16)35-24-28-22-19(25)9-20(21(26)23(22)29(24)4)34-18-10-30(11-18)15(3)32/h9,13,16-18H,5-8,10-12H2,1-4H3,(H,27,31)/t13-,16?,17?/m0/s1. The van der Waals surface area contributed by atoms with Gasteiger partial charge in [-0.15, -0.1) is 0 Å². The number of halogens is 2. The van der Waals surface area contributed by atoms with Crippen LogP contribution in [0.25, 0.3) is 11.0 Å². The van der Waals surface area contributed by atoms with E-state index in [1.165, 1.54) is 18.4 Å². The maximum atomic E-state index is 15.2. The number of ether oxygens (including phenoxy) is 3. The Morgan fingerprint density at radius 1 is 1.11 bits per heavy atom. The Balaban J connectivity index is 1.37. The smallest absolute Gasteiger partial charge is 0.297 e. The second kappa shape index (κ2) is 10.3. The minimum atomic E-state index is -0.710. The number of nitrogens with one attached hydrogen (secondary N) is 1. The Morgan fingerprint density at radius 2 is 1.77 bits per heavy atom. The molecule has 1 saturated carbocycles. The van der Waals surface area contributed by atoms with E-state index in [0.29, 0.717) is 19.7 Å². The van der Waals surface area contributed by atoms with Gasteiger partial charge in [-0.05, 0) is 32.6 Å². The number of hydrogen-bond donors (Lipinski definition) is 1. The number of aryl methyl sites for hydroxylation is 1. The van der Waals surface area contributed by atoms with Crippen molar-refractivity contribution >= 4 is 22.8 Å². The van der Waals surface area contributed by atoms with Crippen molar-refractivity contribution in [3.63, 3.8) is 0 Å². The molecule has 1 N–H and O–H groups in total. The van der Waals surface area contributed by atoms with Gasteiger partial charge in [0.1, 0.15) is 23.2 Å². The molecular formula is C24H32F2N4O5. The lowest BCUT2D eigenvalue weighted by Gasteiger charge is -2.38. The van der Waals surface area contributed by atoms with Crippen LogP contribution in [0.4, 0.5) is 8.78 Å². The van der Waals surface area contributed by atoms with Crippen molar-refractivity contribution in [2.24, 2.45) is 7.05 Å². The fourth-order valence-corrected chi connectivity index (χ4v) is 4.53. The summed E-state index contributed by atoms with van der Waals surface area (Å²) >= 11 is 0. The first-order valence-corrected chi connectivity index (χ1v) is 11.9. The Kier molecular flexibility index (Phi) is 7.44. The zero-order valence-electron chi connectivity index (χ0n) is 20.5. The molecule has 0 unspecified atom stereocenters. The first-order chi connectivity index (χ1) is 16.6. The van der Waals surface area contributed by atoms with Crippen LogP contribution in [0.1, 0.15) is 46.5 Å². The molecule has 2 fully saturated rings. The van der Waals surface area contributed by atoms with E-state index in [2.05, 4.69) is 10.3 Å². The quantitative estimate of drug-likeness (QED) is 0.607. The van der Waals surface area contributed by atoms with Gasteiger partial charge in [0.25, 0.3) is 6.01 Å². The number of aromatic nitrogens is 2. The predicted octanol–water partition coefficient (Wildman–Crippen LogP) is 2.69. The van der Waals surface area contributed by atoms with Crippen LogP contribution in [0.2, 0.25) is 0 Å². The summed E-state index contributed by atoms with van der Waals surface area (Å²) in [6.45, 7) is 5.94. The monoisotopic (exact) mass is 494 g/mol. The van der Waals surface area contributed by atoms with E-state index in [9.17, 15) is 14.0 Å². The number of fused-ring (bicyclic) bond motifs is 1. The van der Waals surface area contributed by atoms with Crippen LogP contribution in [0.15, 0.2) is 6.07 Å². The van der Waals surface area contributed by atoms with E-state index < -0.39 is 11.6 Å². The average molecular weight is 495 g/mol. The molecule has 2 aromatic rings. The summed E-state index contributed by atoms with van der Waals surface area (Å²) in [6.07, 6.45) is 2.54. The van der Waals surface area contributed by atoms with E-state index in [-0.39, 0.29) is 59.0 Å². The van der Waals surface area contributed by atoms with Crippen LogP contribution >= 0.6 is 0 Å². The highest BCUT2D eigenvalue weighted by Crippen LogP contribution is 2.34. The topological polar surface area (TPSA) is 94.9 Å². The number of amides is 2. The van der Waals surface area contributed by atoms with Crippen LogP contribution in [0.3, 0.4) is 0 Å². The molecule has 1 atom stereocenters. The maximum Gasteiger partial charge on any atom is 0.297 e. The number of benzene rings is 1. The summed E-state index contributed by atoms with van der Waals surface area (Å²) in [6, 6.07) is 1.08. The number of hydrogen-bond acceptors (Lipinski definition) is 6. The van der Waals surface area contributed by atoms with E-state index in [1.807, 2.05) is 6.92 Å². The molecule has 2 heterocycles. The average Bonchev–Trinajstić information content (AvgIpc) is 3.09. The maximum absolute atomic E-state index is 15.2. The molecule has 0 bridgehead atoms. The lowest BCUT2D eigenvalue weighted by atomic mass is 9.95. The molecule has 2 amide bonds. The molecule has 4 rings (SSSR count). The normalized spacial score (nSPS) is 21.5. The molecule has 1 aromatic heterocycles. The van der Waals surface area contributed by atoms with Gasteiger partial charge in [-0.2, -0.15) is 4.98 Å². The van der Waals surface area contributed by atoms with Crippen molar-refractivity contribution in [3.05, 3.63) is 17.7 Å². The Labute approximate surface area is 202 Å². The summed E-state index contributed by atoms with van der Waals surface area (Å²) in [4.78, 5) is 28.2. The van der Waals surface area contributed by atoms with E-state index >= 15 is 4.39 Å². The fraction of sp³-hybridized carbons (Fsp3) is 0.625. The van der Waals surface area contributed by atoms with Crippen molar-refractivity contribution in [3.8, 4) is 11.8 Å². The van der Waals surface area contributed by atoms with E-state index in [4.69, 9.17) is 14.2 Å². The summed E-state index contributed by atoms with van der Waals surface area (Å²) in [5.41, 5.74) is -0.142. The minimum absolute atomic E-state index is 0.0262. The van der Waals surface area contributed by atoms with Gasteiger partial charge in [0.2, 0.25) is 11.8 Å². The summed E-state index contributed by atoms with van der Waals surface area (Å²) in [7, 11) is 1.58. The molecule has 192 valence electrons. The summed E-state index contributed by atoms with van der Waals surface area (Å²) in [5, 5.41) is 2.79. The fourth-order valence-electron chi connectivity index (χ4n) is 4.53. The third-order valence-electron chi connectivity index (χ3n) is 6.47. The van der Waals surface area contributed by atoms with Crippen molar-refractivity contribution in [1.82, 2.24) is 19.8 Å². The van der Waals surface area contributed by atoms with Crippen LogP contribution in [0, 0.1) is 11.6 Å². The van der Waals surface area contributed by atoms with Gasteiger partial charge >= 0.3 is 0 Å². The Hall–Kier alpha value is -2.95.